The van der Waals surface area contributed by atoms with E-state index in [4.69, 9.17) is 4.74 Å². The second kappa shape index (κ2) is 5.69. The number of nitrogens with one attached hydrogen (secondary N) is 1. The molecule has 0 aliphatic carbocycles. The first-order valence-electron chi connectivity index (χ1n) is 6.36. The summed E-state index contributed by atoms with van der Waals surface area (Å²) in [5.74, 6) is -0.0412. The third-order valence-corrected chi connectivity index (χ3v) is 2.88. The summed E-state index contributed by atoms with van der Waals surface area (Å²) in [6.45, 7) is 5.46. The van der Waals surface area contributed by atoms with Crippen molar-refractivity contribution in [3.05, 3.63) is 47.3 Å². The van der Waals surface area contributed by atoms with Gasteiger partial charge in [-0.05, 0) is 31.0 Å². The molecule has 0 saturated carbocycles. The number of carbonyl (C=O) groups is 2. The number of H-pyrrole nitrogens is 1. The number of carbonyl (C=O) groups excluding carboxylic acids is 2. The highest BCUT2D eigenvalue weighted by Gasteiger charge is 2.14. The fraction of sp³-hybridized carbons (Fsp3) is 0.267. The van der Waals surface area contributed by atoms with Crippen LogP contribution in [0.3, 0.4) is 0 Å². The zero-order valence-corrected chi connectivity index (χ0v) is 11.6. The van der Waals surface area contributed by atoms with Gasteiger partial charge >= 0.3 is 5.97 Å². The van der Waals surface area contributed by atoms with Crippen molar-refractivity contribution in [3.63, 3.8) is 0 Å². The van der Waals surface area contributed by atoms with Gasteiger partial charge in [0.2, 0.25) is 0 Å². The minimum atomic E-state index is -0.547. The summed E-state index contributed by atoms with van der Waals surface area (Å²) in [7, 11) is 0. The van der Waals surface area contributed by atoms with Crippen molar-refractivity contribution in [3.8, 4) is 5.75 Å². The number of ether oxygens (including phenoxy) is 1. The van der Waals surface area contributed by atoms with Gasteiger partial charge in [0.25, 0.3) is 0 Å². The predicted molar refractivity (Wildman–Crippen MR) is 74.1 cm³/mol. The summed E-state index contributed by atoms with van der Waals surface area (Å²) in [5, 5.41) is 6.72. The fourth-order valence-electron chi connectivity index (χ4n) is 1.67. The number of aromatic nitrogens is 2. The molecule has 5 heteroatoms. The quantitative estimate of drug-likeness (QED) is 0.527. The predicted octanol–water partition coefficient (Wildman–Crippen LogP) is 2.95. The Kier molecular flexibility index (Phi) is 3.98. The molecule has 1 N–H and O–H groups in total. The van der Waals surface area contributed by atoms with Crippen molar-refractivity contribution < 1.29 is 14.3 Å². The average Bonchev–Trinajstić information content (AvgIpc) is 2.88. The molecule has 1 aromatic heterocycles. The maximum absolute atomic E-state index is 11.9. The Labute approximate surface area is 117 Å². The minimum absolute atomic E-state index is 0.0789. The van der Waals surface area contributed by atoms with E-state index in [1.165, 1.54) is 13.0 Å². The summed E-state index contributed by atoms with van der Waals surface area (Å²) in [4.78, 5) is 23.2. The topological polar surface area (TPSA) is 72.1 Å². The Bertz CT molecular complexity index is 644. The van der Waals surface area contributed by atoms with Crippen molar-refractivity contribution in [2.24, 2.45) is 0 Å². The number of ketones is 1. The molecule has 2 rings (SSSR count). The lowest BCUT2D eigenvalue weighted by Gasteiger charge is -2.03. The van der Waals surface area contributed by atoms with Crippen LogP contribution in [0, 0.1) is 0 Å². The normalized spacial score (nSPS) is 10.6. The minimum Gasteiger partial charge on any atom is -0.422 e. The van der Waals surface area contributed by atoms with E-state index in [0.717, 1.165) is 5.69 Å². The van der Waals surface area contributed by atoms with E-state index in [-0.39, 0.29) is 17.4 Å². The van der Waals surface area contributed by atoms with Crippen molar-refractivity contribution in [2.75, 3.05) is 0 Å². The van der Waals surface area contributed by atoms with Gasteiger partial charge in [0.05, 0.1) is 0 Å². The first-order valence-corrected chi connectivity index (χ1v) is 6.36. The van der Waals surface area contributed by atoms with E-state index in [2.05, 4.69) is 10.2 Å². The number of esters is 1. The van der Waals surface area contributed by atoms with Crippen LogP contribution in [0.4, 0.5) is 0 Å². The van der Waals surface area contributed by atoms with Crippen molar-refractivity contribution >= 4 is 11.8 Å². The maximum atomic E-state index is 11.9. The van der Waals surface area contributed by atoms with Crippen LogP contribution in [0.2, 0.25) is 0 Å². The first kappa shape index (κ1) is 14.0. The molecule has 0 amide bonds. The van der Waals surface area contributed by atoms with Gasteiger partial charge in [-0.25, -0.2) is 4.79 Å². The van der Waals surface area contributed by atoms with Crippen LogP contribution in [-0.2, 0) is 0 Å². The molecule has 0 aliphatic heterocycles. The summed E-state index contributed by atoms with van der Waals surface area (Å²) in [6, 6.07) is 8.17. The van der Waals surface area contributed by atoms with Crippen molar-refractivity contribution in [1.82, 2.24) is 10.2 Å². The van der Waals surface area contributed by atoms with Gasteiger partial charge in [0, 0.05) is 11.3 Å². The highest BCUT2D eigenvalue weighted by atomic mass is 16.5. The number of Topliss-reactive ketones (excluding diaryl/α,β-unsaturated/α-hetero) is 1. The molecule has 1 aromatic carbocycles. The largest absolute Gasteiger partial charge is 0.422 e. The summed E-state index contributed by atoms with van der Waals surface area (Å²) < 4.78 is 5.21. The first-order chi connectivity index (χ1) is 9.47. The fourth-order valence-corrected chi connectivity index (χ4v) is 1.67. The van der Waals surface area contributed by atoms with E-state index in [1.807, 2.05) is 13.8 Å². The molecule has 0 radical (unpaired) electrons. The number of hydrogen-bond acceptors (Lipinski definition) is 4. The van der Waals surface area contributed by atoms with E-state index < -0.39 is 5.97 Å². The van der Waals surface area contributed by atoms with Gasteiger partial charge in [0.15, 0.2) is 11.5 Å². The highest BCUT2D eigenvalue weighted by molar-refractivity contribution is 5.95. The third-order valence-electron chi connectivity index (χ3n) is 2.88. The Morgan fingerprint density at radius 1 is 1.25 bits per heavy atom. The molecule has 0 spiro atoms. The monoisotopic (exact) mass is 272 g/mol. The van der Waals surface area contributed by atoms with E-state index >= 15 is 0 Å². The van der Waals surface area contributed by atoms with Crippen LogP contribution < -0.4 is 4.74 Å². The molecule has 0 aliphatic rings. The van der Waals surface area contributed by atoms with Crippen molar-refractivity contribution in [1.29, 1.82) is 0 Å². The maximum Gasteiger partial charge on any atom is 0.364 e. The third kappa shape index (κ3) is 3.12. The lowest BCUT2D eigenvalue weighted by molar-refractivity contribution is 0.0727. The van der Waals surface area contributed by atoms with Crippen molar-refractivity contribution in [2.45, 2.75) is 26.7 Å². The number of hydrogen-bond donors (Lipinski definition) is 1. The van der Waals surface area contributed by atoms with Crippen LogP contribution in [0.15, 0.2) is 30.3 Å². The number of aromatic amines is 1. The van der Waals surface area contributed by atoms with E-state index in [1.54, 1.807) is 24.3 Å². The molecule has 104 valence electrons. The number of rotatable bonds is 4. The lowest BCUT2D eigenvalue weighted by atomic mass is 10.1. The number of nitrogens with zero attached hydrogens (tertiary/aromatic N) is 1. The molecular formula is C15H16N2O3. The second-order valence-corrected chi connectivity index (χ2v) is 4.84. The van der Waals surface area contributed by atoms with Gasteiger partial charge in [-0.2, -0.15) is 5.10 Å². The molecular weight excluding hydrogens is 256 g/mol. The Morgan fingerprint density at radius 2 is 2.00 bits per heavy atom. The van der Waals surface area contributed by atoms with Gasteiger partial charge in [-0.1, -0.05) is 26.0 Å². The van der Waals surface area contributed by atoms with Crippen LogP contribution in [0.1, 0.15) is 53.2 Å². The molecule has 0 saturated heterocycles. The Balaban J connectivity index is 2.14. The zero-order chi connectivity index (χ0) is 14.7. The molecule has 1 heterocycles. The SMILES string of the molecule is CC(=O)c1cccc(OC(=O)c2cc(C(C)C)[nH]n2)c1. The van der Waals surface area contributed by atoms with Gasteiger partial charge in [-0.15, -0.1) is 0 Å². The molecule has 0 unspecified atom stereocenters. The summed E-state index contributed by atoms with van der Waals surface area (Å²) in [5.41, 5.74) is 1.59. The van der Waals surface area contributed by atoms with Crippen LogP contribution >= 0.6 is 0 Å². The molecule has 0 fully saturated rings. The highest BCUT2D eigenvalue weighted by Crippen LogP contribution is 2.17. The molecule has 0 bridgehead atoms. The number of benzene rings is 1. The van der Waals surface area contributed by atoms with Crippen LogP contribution in [-0.4, -0.2) is 21.9 Å². The van der Waals surface area contributed by atoms with Gasteiger partial charge < -0.3 is 4.74 Å². The molecule has 0 atom stereocenters. The second-order valence-electron chi connectivity index (χ2n) is 4.84. The molecule has 2 aromatic rings. The van der Waals surface area contributed by atoms with E-state index in [0.29, 0.717) is 11.3 Å². The summed E-state index contributed by atoms with van der Waals surface area (Å²) >= 11 is 0. The standard InChI is InChI=1S/C15H16N2O3/c1-9(2)13-8-14(17-16-13)15(19)20-12-6-4-5-11(7-12)10(3)18/h4-9H,1-3H3,(H,16,17). The molecule has 20 heavy (non-hydrogen) atoms. The Morgan fingerprint density at radius 3 is 2.60 bits per heavy atom. The average molecular weight is 272 g/mol. The zero-order valence-electron chi connectivity index (χ0n) is 11.6. The van der Waals surface area contributed by atoms with Gasteiger partial charge in [0.1, 0.15) is 5.75 Å². The van der Waals surface area contributed by atoms with Gasteiger partial charge in [-0.3, -0.25) is 9.89 Å². The lowest BCUT2D eigenvalue weighted by Crippen LogP contribution is -2.09. The summed E-state index contributed by atoms with van der Waals surface area (Å²) in [6.07, 6.45) is 0. The molecule has 5 nitrogen and oxygen atoms in total. The van der Waals surface area contributed by atoms with E-state index in [9.17, 15) is 9.59 Å². The van der Waals surface area contributed by atoms with Crippen LogP contribution in [0.5, 0.6) is 5.75 Å². The smallest absolute Gasteiger partial charge is 0.364 e. The van der Waals surface area contributed by atoms with Crippen LogP contribution in [0.25, 0.3) is 0 Å². The Hall–Kier alpha value is -2.43.